The predicted molar refractivity (Wildman–Crippen MR) is 78.1 cm³/mol. The van der Waals surface area contributed by atoms with Crippen molar-refractivity contribution in [1.29, 1.82) is 0 Å². The average Bonchev–Trinajstić information content (AvgIpc) is 2.46. The zero-order chi connectivity index (χ0) is 13.7. The molecule has 0 aliphatic heterocycles. The van der Waals surface area contributed by atoms with Gasteiger partial charge in [-0.2, -0.15) is 0 Å². The summed E-state index contributed by atoms with van der Waals surface area (Å²) in [4.78, 5) is 10.6. The molecule has 0 amide bonds. The maximum atomic E-state index is 5.79. The van der Waals surface area contributed by atoms with Crippen LogP contribution in [0, 0.1) is 0 Å². The third-order valence-corrected chi connectivity index (χ3v) is 3.16. The van der Waals surface area contributed by atoms with E-state index in [-0.39, 0.29) is 6.04 Å². The fourth-order valence-electron chi connectivity index (χ4n) is 1.87. The molecule has 4 nitrogen and oxygen atoms in total. The highest BCUT2D eigenvalue weighted by Crippen LogP contribution is 2.14. The molecule has 2 aromatic heterocycles. The van der Waals surface area contributed by atoms with Crippen molar-refractivity contribution in [2.45, 2.75) is 19.4 Å². The molecule has 100 valence electrons. The molecule has 2 N–H and O–H groups in total. The highest BCUT2D eigenvalue weighted by Gasteiger charge is 2.04. The van der Waals surface area contributed by atoms with Gasteiger partial charge in [-0.25, -0.2) is 0 Å². The molecule has 0 aliphatic carbocycles. The van der Waals surface area contributed by atoms with E-state index in [2.05, 4.69) is 28.0 Å². The Balaban J connectivity index is 1.94. The first-order valence-corrected chi connectivity index (χ1v) is 6.48. The van der Waals surface area contributed by atoms with Gasteiger partial charge in [0, 0.05) is 32.0 Å². The molecular weight excluding hydrogens is 236 g/mol. The van der Waals surface area contributed by atoms with Crippen LogP contribution in [0.25, 0.3) is 0 Å². The summed E-state index contributed by atoms with van der Waals surface area (Å²) in [5.74, 6) is 0. The summed E-state index contributed by atoms with van der Waals surface area (Å²) in [5.41, 5.74) is 9.12. The molecule has 0 bridgehead atoms. The van der Waals surface area contributed by atoms with Crippen molar-refractivity contribution in [1.82, 2.24) is 9.97 Å². The first-order valence-electron chi connectivity index (χ1n) is 6.48. The number of hydrogen-bond donors (Lipinski definition) is 1. The lowest BCUT2D eigenvalue weighted by Gasteiger charge is -2.19. The van der Waals surface area contributed by atoms with Crippen molar-refractivity contribution >= 4 is 5.69 Å². The van der Waals surface area contributed by atoms with Crippen molar-refractivity contribution in [2.75, 3.05) is 18.5 Å². The highest BCUT2D eigenvalue weighted by atomic mass is 15.1. The molecule has 0 radical (unpaired) electrons. The Labute approximate surface area is 114 Å². The molecule has 1 atom stereocenters. The Hall–Kier alpha value is -1.94. The van der Waals surface area contributed by atoms with Crippen molar-refractivity contribution in [2.24, 2.45) is 5.73 Å². The Morgan fingerprint density at radius 1 is 1.21 bits per heavy atom. The molecule has 0 saturated carbocycles. The summed E-state index contributed by atoms with van der Waals surface area (Å²) in [6.45, 7) is 2.89. The number of aromatic nitrogens is 2. The fraction of sp³-hybridized carbons (Fsp3) is 0.333. The van der Waals surface area contributed by atoms with Gasteiger partial charge in [0.25, 0.3) is 0 Å². The van der Waals surface area contributed by atoms with Gasteiger partial charge in [-0.05, 0) is 43.2 Å². The second kappa shape index (κ2) is 6.29. The average molecular weight is 256 g/mol. The molecule has 2 heterocycles. The largest absolute Gasteiger partial charge is 0.373 e. The number of rotatable bonds is 5. The minimum atomic E-state index is -0.0174. The lowest BCUT2D eigenvalue weighted by molar-refractivity contribution is 0.778. The van der Waals surface area contributed by atoms with Crippen LogP contribution in [0.2, 0.25) is 0 Å². The third kappa shape index (κ3) is 3.76. The monoisotopic (exact) mass is 256 g/mol. The lowest BCUT2D eigenvalue weighted by atomic mass is 10.2. The zero-order valence-corrected chi connectivity index (χ0v) is 11.5. The van der Waals surface area contributed by atoms with Crippen LogP contribution < -0.4 is 10.6 Å². The Morgan fingerprint density at radius 3 is 2.53 bits per heavy atom. The second-order valence-electron chi connectivity index (χ2n) is 4.76. The van der Waals surface area contributed by atoms with E-state index in [1.807, 2.05) is 43.7 Å². The van der Waals surface area contributed by atoms with Gasteiger partial charge in [-0.15, -0.1) is 0 Å². The number of likely N-dealkylation sites (N-methyl/N-ethyl adjacent to an activating group) is 1. The van der Waals surface area contributed by atoms with Crippen molar-refractivity contribution < 1.29 is 0 Å². The van der Waals surface area contributed by atoms with E-state index >= 15 is 0 Å². The minimum absolute atomic E-state index is 0.0174. The SMILES string of the molecule is C[C@@H](N)c1ccc(N(C)CCc2ccncc2)cn1. The number of pyridine rings is 2. The molecule has 0 fully saturated rings. The first-order chi connectivity index (χ1) is 9.16. The van der Waals surface area contributed by atoms with Crippen LogP contribution in [-0.2, 0) is 6.42 Å². The number of nitrogens with two attached hydrogens (primary N) is 1. The third-order valence-electron chi connectivity index (χ3n) is 3.16. The van der Waals surface area contributed by atoms with Crippen LogP contribution in [0.1, 0.15) is 24.2 Å². The lowest BCUT2D eigenvalue weighted by Crippen LogP contribution is -2.20. The molecule has 19 heavy (non-hydrogen) atoms. The summed E-state index contributed by atoms with van der Waals surface area (Å²) in [6, 6.07) is 8.13. The van der Waals surface area contributed by atoms with Crippen LogP contribution in [0.4, 0.5) is 5.69 Å². The van der Waals surface area contributed by atoms with Crippen molar-refractivity contribution in [3.05, 3.63) is 54.1 Å². The number of hydrogen-bond acceptors (Lipinski definition) is 4. The van der Waals surface area contributed by atoms with Crippen LogP contribution in [0.15, 0.2) is 42.9 Å². The van der Waals surface area contributed by atoms with Crippen molar-refractivity contribution in [3.8, 4) is 0 Å². The zero-order valence-electron chi connectivity index (χ0n) is 11.5. The quantitative estimate of drug-likeness (QED) is 0.891. The molecule has 0 saturated heterocycles. The van der Waals surface area contributed by atoms with E-state index in [9.17, 15) is 0 Å². The Kier molecular flexibility index (Phi) is 4.47. The molecular formula is C15H20N4. The second-order valence-corrected chi connectivity index (χ2v) is 4.76. The summed E-state index contributed by atoms with van der Waals surface area (Å²) in [5, 5.41) is 0. The summed E-state index contributed by atoms with van der Waals surface area (Å²) < 4.78 is 0. The van der Waals surface area contributed by atoms with Gasteiger partial charge < -0.3 is 10.6 Å². The van der Waals surface area contributed by atoms with Gasteiger partial charge >= 0.3 is 0 Å². The molecule has 0 spiro atoms. The first kappa shape index (κ1) is 13.5. The summed E-state index contributed by atoms with van der Waals surface area (Å²) in [6.07, 6.45) is 6.53. The van der Waals surface area contributed by atoms with E-state index in [4.69, 9.17) is 5.73 Å². The van der Waals surface area contributed by atoms with Gasteiger partial charge in [0.15, 0.2) is 0 Å². The van der Waals surface area contributed by atoms with Crippen molar-refractivity contribution in [3.63, 3.8) is 0 Å². The highest BCUT2D eigenvalue weighted by molar-refractivity contribution is 5.44. The molecule has 4 heteroatoms. The van der Waals surface area contributed by atoms with Crippen LogP contribution in [0.3, 0.4) is 0 Å². The van der Waals surface area contributed by atoms with Crippen LogP contribution >= 0.6 is 0 Å². The maximum absolute atomic E-state index is 5.79. The normalized spacial score (nSPS) is 12.2. The van der Waals surface area contributed by atoms with Gasteiger partial charge in [0.05, 0.1) is 17.6 Å². The minimum Gasteiger partial charge on any atom is -0.373 e. The number of anilines is 1. The van der Waals surface area contributed by atoms with E-state index in [0.717, 1.165) is 24.3 Å². The standard InChI is InChI=1S/C15H20N4/c1-12(16)15-4-3-14(11-18-15)19(2)10-7-13-5-8-17-9-6-13/h3-6,8-9,11-12H,7,10,16H2,1-2H3/t12-/m1/s1. The van der Waals surface area contributed by atoms with Crippen LogP contribution in [-0.4, -0.2) is 23.6 Å². The van der Waals surface area contributed by atoms with Gasteiger partial charge in [-0.1, -0.05) is 0 Å². The Bertz CT molecular complexity index is 493. The van der Waals surface area contributed by atoms with Crippen LogP contribution in [0.5, 0.6) is 0 Å². The van der Waals surface area contributed by atoms with E-state index in [0.29, 0.717) is 0 Å². The molecule has 0 aliphatic rings. The molecule has 2 aromatic rings. The van der Waals surface area contributed by atoms with Gasteiger partial charge in [0.1, 0.15) is 0 Å². The van der Waals surface area contributed by atoms with E-state index < -0.39 is 0 Å². The number of nitrogens with zero attached hydrogens (tertiary/aromatic N) is 3. The summed E-state index contributed by atoms with van der Waals surface area (Å²) in [7, 11) is 2.07. The summed E-state index contributed by atoms with van der Waals surface area (Å²) >= 11 is 0. The van der Waals surface area contributed by atoms with E-state index in [1.165, 1.54) is 5.56 Å². The Morgan fingerprint density at radius 2 is 1.95 bits per heavy atom. The molecule has 0 unspecified atom stereocenters. The van der Waals surface area contributed by atoms with E-state index in [1.54, 1.807) is 0 Å². The fourth-order valence-corrected chi connectivity index (χ4v) is 1.87. The van der Waals surface area contributed by atoms with Gasteiger partial charge in [0.2, 0.25) is 0 Å². The molecule has 2 rings (SSSR count). The smallest absolute Gasteiger partial charge is 0.0569 e. The maximum Gasteiger partial charge on any atom is 0.0569 e. The van der Waals surface area contributed by atoms with Gasteiger partial charge in [-0.3, -0.25) is 9.97 Å². The topological polar surface area (TPSA) is 55.0 Å². The molecule has 0 aromatic carbocycles. The predicted octanol–water partition coefficient (Wildman–Crippen LogP) is 2.18.